The lowest BCUT2D eigenvalue weighted by atomic mass is 9.97. The molecule has 1 aromatic heterocycles. The van der Waals surface area contributed by atoms with Crippen LogP contribution in [-0.4, -0.2) is 10.8 Å². The summed E-state index contributed by atoms with van der Waals surface area (Å²) in [6.07, 6.45) is 6.20. The Labute approximate surface area is 147 Å². The van der Waals surface area contributed by atoms with Crippen LogP contribution in [0.15, 0.2) is 79.3 Å². The zero-order valence-corrected chi connectivity index (χ0v) is 13.8. The van der Waals surface area contributed by atoms with Gasteiger partial charge in [-0.05, 0) is 34.7 Å². The quantitative estimate of drug-likeness (QED) is 0.740. The monoisotopic (exact) mass is 326 g/mol. The second-order valence-electron chi connectivity index (χ2n) is 6.12. The van der Waals surface area contributed by atoms with Gasteiger partial charge >= 0.3 is 0 Å². The molecule has 0 bridgehead atoms. The second kappa shape index (κ2) is 6.73. The summed E-state index contributed by atoms with van der Waals surface area (Å²) in [5.74, 6) is 0.0687. The number of carbonyl (C=O) groups excluding carboxylic acids is 1. The van der Waals surface area contributed by atoms with Gasteiger partial charge in [-0.1, -0.05) is 54.6 Å². The van der Waals surface area contributed by atoms with Gasteiger partial charge in [0.2, 0.25) is 0 Å². The number of rotatable bonds is 3. The number of fused-ring (bicyclic) bond motifs is 2. The smallest absolute Gasteiger partial charge is 0.195 e. The Kier molecular flexibility index (Phi) is 4.13. The van der Waals surface area contributed by atoms with Crippen LogP contribution in [0.2, 0.25) is 0 Å². The van der Waals surface area contributed by atoms with Crippen LogP contribution in [-0.2, 0) is 13.0 Å². The molecule has 0 unspecified atom stereocenters. The van der Waals surface area contributed by atoms with Crippen molar-refractivity contribution in [2.45, 2.75) is 13.0 Å². The van der Waals surface area contributed by atoms with Gasteiger partial charge in [0.15, 0.2) is 5.78 Å². The largest absolute Gasteiger partial charge is 0.386 e. The Morgan fingerprint density at radius 1 is 0.920 bits per heavy atom. The molecule has 0 atom stereocenters. The van der Waals surface area contributed by atoms with Crippen molar-refractivity contribution in [1.29, 1.82) is 0 Å². The number of pyridine rings is 1. The molecule has 3 aromatic rings. The average Bonchev–Trinajstić information content (AvgIpc) is 2.78. The van der Waals surface area contributed by atoms with E-state index < -0.39 is 0 Å². The third-order valence-electron chi connectivity index (χ3n) is 4.47. The van der Waals surface area contributed by atoms with Crippen molar-refractivity contribution < 1.29 is 4.79 Å². The molecule has 2 aromatic carbocycles. The van der Waals surface area contributed by atoms with Gasteiger partial charge in [-0.25, -0.2) is 0 Å². The van der Waals surface area contributed by atoms with Gasteiger partial charge in [0.05, 0.1) is 0 Å². The zero-order chi connectivity index (χ0) is 17.1. The third kappa shape index (κ3) is 3.09. The summed E-state index contributed by atoms with van der Waals surface area (Å²) in [6, 6.07) is 19.9. The fourth-order valence-corrected chi connectivity index (χ4v) is 3.22. The van der Waals surface area contributed by atoms with Crippen LogP contribution < -0.4 is 5.32 Å². The van der Waals surface area contributed by atoms with Crippen molar-refractivity contribution in [2.24, 2.45) is 0 Å². The van der Waals surface area contributed by atoms with Gasteiger partial charge in [0.1, 0.15) is 0 Å². The number of ketones is 1. The minimum absolute atomic E-state index is 0.0687. The van der Waals surface area contributed by atoms with Crippen molar-refractivity contribution in [3.63, 3.8) is 0 Å². The molecule has 1 aliphatic carbocycles. The summed E-state index contributed by atoms with van der Waals surface area (Å²) in [7, 11) is 0. The number of benzene rings is 2. The first kappa shape index (κ1) is 15.3. The fourth-order valence-electron chi connectivity index (χ4n) is 3.22. The topological polar surface area (TPSA) is 42.0 Å². The van der Waals surface area contributed by atoms with Gasteiger partial charge in [0, 0.05) is 36.3 Å². The predicted octanol–water partition coefficient (Wildman–Crippen LogP) is 4.00. The normalized spacial score (nSPS) is 14.6. The highest BCUT2D eigenvalue weighted by Gasteiger charge is 2.23. The molecule has 4 rings (SSSR count). The van der Waals surface area contributed by atoms with Gasteiger partial charge in [-0.15, -0.1) is 0 Å². The van der Waals surface area contributed by atoms with Crippen molar-refractivity contribution in [3.8, 4) is 0 Å². The van der Waals surface area contributed by atoms with E-state index in [9.17, 15) is 4.79 Å². The number of Topliss-reactive ketones (excluding diaryl/α,β-unsaturated/α-hetero) is 1. The molecule has 0 spiro atoms. The van der Waals surface area contributed by atoms with Crippen LogP contribution >= 0.6 is 0 Å². The first-order chi connectivity index (χ1) is 12.3. The summed E-state index contributed by atoms with van der Waals surface area (Å²) in [6.45, 7) is 0.633. The lowest BCUT2D eigenvalue weighted by molar-refractivity contribution is 0.105. The van der Waals surface area contributed by atoms with E-state index in [-0.39, 0.29) is 5.78 Å². The molecule has 1 N–H and O–H groups in total. The van der Waals surface area contributed by atoms with E-state index in [1.54, 1.807) is 6.20 Å². The third-order valence-corrected chi connectivity index (χ3v) is 4.47. The predicted molar refractivity (Wildman–Crippen MR) is 99.1 cm³/mol. The van der Waals surface area contributed by atoms with E-state index >= 15 is 0 Å². The minimum atomic E-state index is 0.0687. The number of carbonyl (C=O) groups is 1. The summed E-state index contributed by atoms with van der Waals surface area (Å²) in [5, 5.41) is 3.28. The van der Waals surface area contributed by atoms with Crippen LogP contribution in [0.1, 0.15) is 32.6 Å². The molecule has 0 fully saturated rings. The Morgan fingerprint density at radius 3 is 2.40 bits per heavy atom. The lowest BCUT2D eigenvalue weighted by Crippen LogP contribution is -2.10. The van der Waals surface area contributed by atoms with E-state index in [1.165, 1.54) is 5.56 Å². The highest BCUT2D eigenvalue weighted by molar-refractivity contribution is 6.30. The van der Waals surface area contributed by atoms with Gasteiger partial charge in [0.25, 0.3) is 0 Å². The first-order valence-electron chi connectivity index (χ1n) is 8.36. The van der Waals surface area contributed by atoms with Crippen LogP contribution in [0.3, 0.4) is 0 Å². The van der Waals surface area contributed by atoms with Crippen molar-refractivity contribution in [2.75, 3.05) is 0 Å². The van der Waals surface area contributed by atoms with Crippen molar-refractivity contribution in [3.05, 3.63) is 107 Å². The van der Waals surface area contributed by atoms with E-state index in [1.807, 2.05) is 67.0 Å². The lowest BCUT2D eigenvalue weighted by Gasteiger charge is -2.09. The molecule has 3 heteroatoms. The molecular weight excluding hydrogens is 308 g/mol. The molecule has 3 nitrogen and oxygen atoms in total. The summed E-state index contributed by atoms with van der Waals surface area (Å²) < 4.78 is 0. The summed E-state index contributed by atoms with van der Waals surface area (Å²) in [5.41, 5.74) is 5.83. The molecule has 0 aliphatic heterocycles. The highest BCUT2D eigenvalue weighted by atomic mass is 16.1. The molecule has 1 aliphatic rings. The number of allylic oxidation sites excluding steroid dienone is 1. The molecule has 0 radical (unpaired) electrons. The number of aromatic nitrogens is 1. The molecular formula is C22H18N2O. The summed E-state index contributed by atoms with van der Waals surface area (Å²) in [4.78, 5) is 17.2. The molecule has 1 heterocycles. The van der Waals surface area contributed by atoms with E-state index in [2.05, 4.69) is 16.4 Å². The Bertz CT molecular complexity index is 945. The van der Waals surface area contributed by atoms with E-state index in [4.69, 9.17) is 0 Å². The van der Waals surface area contributed by atoms with Gasteiger partial charge < -0.3 is 5.32 Å². The first-order valence-corrected chi connectivity index (χ1v) is 8.36. The van der Waals surface area contributed by atoms with Gasteiger partial charge in [-0.2, -0.15) is 0 Å². The second-order valence-corrected chi connectivity index (χ2v) is 6.12. The number of hydrogen-bond donors (Lipinski definition) is 1. The average molecular weight is 326 g/mol. The molecule has 0 amide bonds. The van der Waals surface area contributed by atoms with Crippen LogP contribution in [0.5, 0.6) is 0 Å². The molecule has 25 heavy (non-hydrogen) atoms. The number of nitrogens with zero attached hydrogens (tertiary/aromatic N) is 1. The summed E-state index contributed by atoms with van der Waals surface area (Å²) >= 11 is 0. The van der Waals surface area contributed by atoms with Crippen LogP contribution in [0, 0.1) is 0 Å². The van der Waals surface area contributed by atoms with Gasteiger partial charge in [-0.3, -0.25) is 9.78 Å². The number of hydrogen-bond acceptors (Lipinski definition) is 3. The Hall–Kier alpha value is -3.20. The van der Waals surface area contributed by atoms with Crippen molar-refractivity contribution >= 4 is 11.4 Å². The van der Waals surface area contributed by atoms with E-state index in [0.29, 0.717) is 12.1 Å². The Morgan fingerprint density at radius 2 is 1.64 bits per heavy atom. The SMILES string of the molecule is O=C1/C(=C/NCc2cccnc2)c2ccccc2Cc2ccccc21. The maximum atomic E-state index is 13.1. The molecule has 0 saturated heterocycles. The fraction of sp³-hybridized carbons (Fsp3) is 0.0909. The standard InChI is InChI=1S/C22H18N2O/c25-22-20-10-4-2-8-18(20)12-17-7-1-3-9-19(17)21(22)15-24-14-16-6-5-11-23-13-16/h1-11,13,15,24H,12,14H2/b21-15+. The maximum Gasteiger partial charge on any atom is 0.195 e. The Balaban J connectivity index is 1.72. The highest BCUT2D eigenvalue weighted by Crippen LogP contribution is 2.30. The zero-order valence-electron chi connectivity index (χ0n) is 13.8. The minimum Gasteiger partial charge on any atom is -0.386 e. The maximum absolute atomic E-state index is 13.1. The van der Waals surface area contributed by atoms with E-state index in [0.717, 1.165) is 28.7 Å². The number of nitrogens with one attached hydrogen (secondary N) is 1. The molecule has 122 valence electrons. The van der Waals surface area contributed by atoms with Crippen molar-refractivity contribution in [1.82, 2.24) is 10.3 Å². The van der Waals surface area contributed by atoms with Crippen LogP contribution in [0.25, 0.3) is 5.57 Å². The molecule has 0 saturated carbocycles. The van der Waals surface area contributed by atoms with Crippen LogP contribution in [0.4, 0.5) is 0 Å².